The Labute approximate surface area is 177 Å². The molecule has 1 saturated carbocycles. The van der Waals surface area contributed by atoms with E-state index < -0.39 is 0 Å². The Morgan fingerprint density at radius 2 is 2.20 bits per heavy atom. The number of benzene rings is 1. The number of Topliss-reactive ketones (excluding diaryl/α,β-unsaturated/α-hetero) is 1. The number of carbonyl (C=O) groups excluding carboxylic acids is 2. The van der Waals surface area contributed by atoms with Crippen molar-refractivity contribution in [3.8, 4) is 6.07 Å². The number of carbonyl (C=O) groups is 2. The molecule has 1 aromatic rings. The number of nitrogens with one attached hydrogen (secondary N) is 2. The Morgan fingerprint density at radius 1 is 1.37 bits per heavy atom. The number of methoxy groups -OCH3 is 1. The van der Waals surface area contributed by atoms with Crippen molar-refractivity contribution in [3.05, 3.63) is 29.8 Å². The molecule has 1 aromatic carbocycles. The van der Waals surface area contributed by atoms with Crippen LogP contribution in [0.25, 0.3) is 0 Å². The zero-order valence-electron chi connectivity index (χ0n) is 17.6. The quantitative estimate of drug-likeness (QED) is 0.786. The topological polar surface area (TPSA) is 94.5 Å². The van der Waals surface area contributed by atoms with Crippen molar-refractivity contribution in [3.63, 3.8) is 0 Å². The van der Waals surface area contributed by atoms with Crippen LogP contribution in [-0.2, 0) is 14.3 Å². The van der Waals surface area contributed by atoms with Crippen LogP contribution in [-0.4, -0.2) is 61.5 Å². The number of likely N-dealkylation sites (tertiary alicyclic amines) is 1. The number of anilines is 1. The fourth-order valence-corrected chi connectivity index (χ4v) is 5.49. The highest BCUT2D eigenvalue weighted by Crippen LogP contribution is 2.39. The average molecular weight is 411 g/mol. The lowest BCUT2D eigenvalue weighted by molar-refractivity contribution is -0.140. The van der Waals surface area contributed by atoms with Gasteiger partial charge in [0.15, 0.2) is 0 Å². The highest BCUT2D eigenvalue weighted by atomic mass is 16.5. The van der Waals surface area contributed by atoms with E-state index in [1.54, 1.807) is 31.4 Å². The molecule has 0 bridgehead atoms. The summed E-state index contributed by atoms with van der Waals surface area (Å²) in [6, 6.07) is 9.41. The molecule has 2 N–H and O–H groups in total. The van der Waals surface area contributed by atoms with E-state index in [2.05, 4.69) is 28.5 Å². The summed E-state index contributed by atoms with van der Waals surface area (Å²) in [6.45, 7) is 3.86. The number of piperidine rings is 2. The minimum Gasteiger partial charge on any atom is -0.381 e. The second-order valence-electron chi connectivity index (χ2n) is 8.99. The van der Waals surface area contributed by atoms with Crippen LogP contribution in [0.2, 0.25) is 0 Å². The summed E-state index contributed by atoms with van der Waals surface area (Å²) in [4.78, 5) is 27.9. The molecule has 1 aliphatic carbocycles. The molecule has 0 aromatic heterocycles. The average Bonchev–Trinajstić information content (AvgIpc) is 2.75. The Bertz CT molecular complexity index is 851. The largest absolute Gasteiger partial charge is 0.381 e. The van der Waals surface area contributed by atoms with Crippen molar-refractivity contribution in [2.45, 2.75) is 44.4 Å². The number of fused-ring (bicyclic) bond motifs is 2. The number of hydrogen-bond donors (Lipinski definition) is 2. The summed E-state index contributed by atoms with van der Waals surface area (Å²) in [5.41, 5.74) is 1.13. The number of hydrogen-bond acceptors (Lipinski definition) is 6. The van der Waals surface area contributed by atoms with Gasteiger partial charge in [-0.2, -0.15) is 5.26 Å². The van der Waals surface area contributed by atoms with E-state index in [9.17, 15) is 9.59 Å². The summed E-state index contributed by atoms with van der Waals surface area (Å²) in [7, 11) is 1.73. The predicted molar refractivity (Wildman–Crippen MR) is 113 cm³/mol. The van der Waals surface area contributed by atoms with Gasteiger partial charge in [-0.05, 0) is 43.4 Å². The maximum absolute atomic E-state index is 13.3. The molecule has 30 heavy (non-hydrogen) atoms. The van der Waals surface area contributed by atoms with Gasteiger partial charge in [-0.1, -0.05) is 13.0 Å². The van der Waals surface area contributed by atoms with Crippen molar-refractivity contribution in [1.29, 1.82) is 5.26 Å². The summed E-state index contributed by atoms with van der Waals surface area (Å²) in [5.74, 6) is 0.569. The molecule has 6 unspecified atom stereocenters. The van der Waals surface area contributed by atoms with Crippen molar-refractivity contribution in [2.75, 3.05) is 32.1 Å². The lowest BCUT2D eigenvalue weighted by Gasteiger charge is -2.51. The number of rotatable bonds is 4. The van der Waals surface area contributed by atoms with Crippen LogP contribution in [0.3, 0.4) is 0 Å². The minimum atomic E-state index is -0.122. The van der Waals surface area contributed by atoms with Crippen LogP contribution in [0.5, 0.6) is 0 Å². The van der Waals surface area contributed by atoms with Crippen molar-refractivity contribution < 1.29 is 14.3 Å². The third-order valence-electron chi connectivity index (χ3n) is 7.01. The fourth-order valence-electron chi connectivity index (χ4n) is 5.49. The van der Waals surface area contributed by atoms with Crippen LogP contribution in [0.4, 0.5) is 5.69 Å². The molecular formula is C23H30N4O3. The van der Waals surface area contributed by atoms with Gasteiger partial charge in [0.2, 0.25) is 5.91 Å². The number of ether oxygens (including phenoxy) is 1. The first-order chi connectivity index (χ1) is 14.5. The van der Waals surface area contributed by atoms with E-state index >= 15 is 0 Å². The standard InChI is InChI=1S/C23H30N4O3/c1-14-8-17(30-2)10-18-22(14)26-20-6-7-27(12-19(20)23(18)29)13-21(28)25-16-5-3-4-15(9-16)11-24/h3-5,9,14,17-20,22,26H,6-8,10,12-13H2,1-2H3,(H,25,28). The highest BCUT2D eigenvalue weighted by molar-refractivity contribution is 5.92. The smallest absolute Gasteiger partial charge is 0.238 e. The number of amides is 1. The first kappa shape index (κ1) is 21.0. The second-order valence-corrected chi connectivity index (χ2v) is 8.99. The molecule has 6 atom stereocenters. The van der Waals surface area contributed by atoms with Gasteiger partial charge < -0.3 is 15.4 Å². The lowest BCUT2D eigenvalue weighted by atomic mass is 9.66. The van der Waals surface area contributed by atoms with Crippen LogP contribution < -0.4 is 10.6 Å². The van der Waals surface area contributed by atoms with Gasteiger partial charge in [-0.25, -0.2) is 0 Å². The van der Waals surface area contributed by atoms with Crippen LogP contribution in [0.1, 0.15) is 31.7 Å². The van der Waals surface area contributed by atoms with E-state index in [0.717, 1.165) is 25.8 Å². The molecule has 7 heteroatoms. The maximum Gasteiger partial charge on any atom is 0.238 e. The molecule has 7 nitrogen and oxygen atoms in total. The molecule has 4 rings (SSSR count). The molecule has 0 spiro atoms. The monoisotopic (exact) mass is 410 g/mol. The van der Waals surface area contributed by atoms with Crippen LogP contribution >= 0.6 is 0 Å². The van der Waals surface area contributed by atoms with Gasteiger partial charge in [0.05, 0.1) is 24.3 Å². The summed E-state index contributed by atoms with van der Waals surface area (Å²) in [6.07, 6.45) is 2.81. The van der Waals surface area contributed by atoms with Gasteiger partial charge in [0.25, 0.3) is 0 Å². The van der Waals surface area contributed by atoms with E-state index in [0.29, 0.717) is 29.5 Å². The zero-order valence-corrected chi connectivity index (χ0v) is 17.6. The van der Waals surface area contributed by atoms with Gasteiger partial charge >= 0.3 is 0 Å². The Balaban J connectivity index is 1.37. The number of nitrogens with zero attached hydrogens (tertiary/aromatic N) is 2. The Hall–Kier alpha value is -2.27. The molecule has 1 amide bonds. The third kappa shape index (κ3) is 4.27. The molecule has 2 heterocycles. The van der Waals surface area contributed by atoms with Crippen molar-refractivity contribution in [2.24, 2.45) is 17.8 Å². The molecular weight excluding hydrogens is 380 g/mol. The van der Waals surface area contributed by atoms with Crippen molar-refractivity contribution >= 4 is 17.4 Å². The van der Waals surface area contributed by atoms with Crippen molar-refractivity contribution in [1.82, 2.24) is 10.2 Å². The van der Waals surface area contributed by atoms with Gasteiger partial charge in [-0.15, -0.1) is 0 Å². The first-order valence-electron chi connectivity index (χ1n) is 10.8. The maximum atomic E-state index is 13.3. The highest BCUT2D eigenvalue weighted by Gasteiger charge is 2.49. The Kier molecular flexibility index (Phi) is 6.19. The summed E-state index contributed by atoms with van der Waals surface area (Å²) < 4.78 is 5.58. The third-order valence-corrected chi connectivity index (χ3v) is 7.01. The van der Waals surface area contributed by atoms with E-state index in [-0.39, 0.29) is 42.5 Å². The minimum absolute atomic E-state index is 0.00227. The van der Waals surface area contributed by atoms with Gasteiger partial charge in [0.1, 0.15) is 5.78 Å². The summed E-state index contributed by atoms with van der Waals surface area (Å²) >= 11 is 0. The first-order valence-corrected chi connectivity index (χ1v) is 10.8. The van der Waals surface area contributed by atoms with Crippen LogP contribution in [0, 0.1) is 29.1 Å². The SMILES string of the molecule is COC1CC(C)C2NC3CCN(CC(=O)Nc4cccc(C#N)c4)CC3C(=O)C2C1. The van der Waals surface area contributed by atoms with E-state index in [1.165, 1.54) is 0 Å². The molecule has 3 fully saturated rings. The molecule has 160 valence electrons. The van der Waals surface area contributed by atoms with E-state index in [4.69, 9.17) is 10.00 Å². The van der Waals surface area contributed by atoms with E-state index in [1.807, 2.05) is 0 Å². The number of ketones is 1. The molecule has 2 aliphatic heterocycles. The predicted octanol–water partition coefficient (Wildman–Crippen LogP) is 1.79. The molecule has 3 aliphatic rings. The second kappa shape index (κ2) is 8.84. The molecule has 0 radical (unpaired) electrons. The number of nitriles is 1. The Morgan fingerprint density at radius 3 is 2.97 bits per heavy atom. The normalized spacial score (nSPS) is 33.8. The van der Waals surface area contributed by atoms with Gasteiger partial charge in [0, 0.05) is 49.8 Å². The fraction of sp³-hybridized carbons (Fsp3) is 0.609. The lowest BCUT2D eigenvalue weighted by Crippen LogP contribution is -2.66. The van der Waals surface area contributed by atoms with Crippen LogP contribution in [0.15, 0.2) is 24.3 Å². The molecule has 2 saturated heterocycles. The zero-order chi connectivity index (χ0) is 21.3. The summed E-state index contributed by atoms with van der Waals surface area (Å²) in [5, 5.41) is 15.6. The van der Waals surface area contributed by atoms with Gasteiger partial charge in [-0.3, -0.25) is 14.5 Å².